The largest absolute Gasteiger partial charge is 0.506 e. The van der Waals surface area contributed by atoms with Crippen molar-refractivity contribution >= 4 is 34.9 Å². The molecule has 26 heavy (non-hydrogen) atoms. The Labute approximate surface area is 161 Å². The SMILES string of the molecule is COC(=O)c1cccc2c1NC(c1cc(Cl)cc(Cl)c1O)C1CC=CC21. The lowest BCUT2D eigenvalue weighted by Crippen LogP contribution is -2.30. The average Bonchev–Trinajstić information content (AvgIpc) is 3.13. The second kappa shape index (κ2) is 6.53. The van der Waals surface area contributed by atoms with Crippen LogP contribution in [-0.4, -0.2) is 18.2 Å². The first-order valence-corrected chi connectivity index (χ1v) is 9.09. The van der Waals surface area contributed by atoms with E-state index >= 15 is 0 Å². The molecular weight excluding hydrogens is 373 g/mol. The van der Waals surface area contributed by atoms with Crippen molar-refractivity contribution in [1.82, 2.24) is 0 Å². The molecule has 0 saturated heterocycles. The van der Waals surface area contributed by atoms with E-state index in [1.165, 1.54) is 13.2 Å². The number of ether oxygens (including phenoxy) is 1. The Morgan fingerprint density at radius 3 is 2.85 bits per heavy atom. The molecule has 0 aromatic heterocycles. The summed E-state index contributed by atoms with van der Waals surface area (Å²) >= 11 is 12.3. The molecule has 0 amide bonds. The molecule has 0 bridgehead atoms. The lowest BCUT2D eigenvalue weighted by atomic mass is 9.76. The van der Waals surface area contributed by atoms with Crippen LogP contribution >= 0.6 is 23.2 Å². The number of hydrogen-bond acceptors (Lipinski definition) is 4. The Morgan fingerprint density at radius 2 is 2.08 bits per heavy atom. The normalized spacial score (nSPS) is 23.1. The number of aromatic hydroxyl groups is 1. The van der Waals surface area contributed by atoms with Crippen molar-refractivity contribution in [3.8, 4) is 5.75 Å². The minimum absolute atomic E-state index is 0.0122. The molecule has 0 fully saturated rings. The number of rotatable bonds is 2. The van der Waals surface area contributed by atoms with Gasteiger partial charge in [-0.25, -0.2) is 4.79 Å². The van der Waals surface area contributed by atoms with Crippen molar-refractivity contribution in [3.05, 3.63) is 69.2 Å². The van der Waals surface area contributed by atoms with Crippen molar-refractivity contribution in [1.29, 1.82) is 0 Å². The Hall–Kier alpha value is -2.17. The van der Waals surface area contributed by atoms with Crippen LogP contribution in [0, 0.1) is 5.92 Å². The zero-order valence-electron chi connectivity index (χ0n) is 14.0. The third-order valence-corrected chi connectivity index (χ3v) is 5.70. The summed E-state index contributed by atoms with van der Waals surface area (Å²) in [5.41, 5.74) is 2.89. The van der Waals surface area contributed by atoms with Gasteiger partial charge in [0.1, 0.15) is 5.75 Å². The maximum Gasteiger partial charge on any atom is 0.339 e. The van der Waals surface area contributed by atoms with Gasteiger partial charge in [-0.15, -0.1) is 0 Å². The first-order valence-electron chi connectivity index (χ1n) is 8.33. The summed E-state index contributed by atoms with van der Waals surface area (Å²) in [4.78, 5) is 12.2. The molecule has 1 heterocycles. The van der Waals surface area contributed by atoms with Gasteiger partial charge < -0.3 is 15.2 Å². The Kier molecular flexibility index (Phi) is 4.33. The number of carbonyl (C=O) groups excluding carboxylic acids is 1. The van der Waals surface area contributed by atoms with Crippen LogP contribution in [0.15, 0.2) is 42.5 Å². The van der Waals surface area contributed by atoms with Crippen LogP contribution in [0.2, 0.25) is 10.0 Å². The predicted octanol–water partition coefficient (Wildman–Crippen LogP) is 5.31. The number of halogens is 2. The highest BCUT2D eigenvalue weighted by Gasteiger charge is 2.40. The van der Waals surface area contributed by atoms with Gasteiger partial charge in [-0.2, -0.15) is 0 Å². The van der Waals surface area contributed by atoms with Crippen LogP contribution in [0.4, 0.5) is 5.69 Å². The number of allylic oxidation sites excluding steroid dienone is 2. The predicted molar refractivity (Wildman–Crippen MR) is 102 cm³/mol. The van der Waals surface area contributed by atoms with Crippen molar-refractivity contribution in [3.63, 3.8) is 0 Å². The zero-order chi connectivity index (χ0) is 18.4. The smallest absolute Gasteiger partial charge is 0.339 e. The lowest BCUT2D eigenvalue weighted by molar-refractivity contribution is 0.0601. The van der Waals surface area contributed by atoms with Crippen molar-refractivity contribution in [2.45, 2.75) is 18.4 Å². The van der Waals surface area contributed by atoms with Gasteiger partial charge in [0.2, 0.25) is 0 Å². The fraction of sp³-hybridized carbons (Fsp3) is 0.250. The van der Waals surface area contributed by atoms with Gasteiger partial charge in [-0.1, -0.05) is 47.5 Å². The summed E-state index contributed by atoms with van der Waals surface area (Å²) in [5.74, 6) is -0.0612. The number of nitrogens with one attached hydrogen (secondary N) is 1. The fourth-order valence-electron chi connectivity index (χ4n) is 4.03. The highest BCUT2D eigenvalue weighted by molar-refractivity contribution is 6.35. The first-order chi connectivity index (χ1) is 12.5. The summed E-state index contributed by atoms with van der Waals surface area (Å²) in [7, 11) is 1.36. The molecule has 2 aromatic rings. The van der Waals surface area contributed by atoms with Crippen LogP contribution < -0.4 is 5.32 Å². The third kappa shape index (κ3) is 2.65. The zero-order valence-corrected chi connectivity index (χ0v) is 15.5. The number of carbonyl (C=O) groups is 1. The molecule has 1 aliphatic heterocycles. The molecule has 134 valence electrons. The van der Waals surface area contributed by atoms with E-state index in [-0.39, 0.29) is 28.6 Å². The first kappa shape index (κ1) is 17.3. The molecule has 2 aromatic carbocycles. The molecule has 3 atom stereocenters. The second-order valence-electron chi connectivity index (χ2n) is 6.56. The van der Waals surface area contributed by atoms with Crippen molar-refractivity contribution < 1.29 is 14.6 Å². The number of para-hydroxylation sites is 1. The number of hydrogen-bond donors (Lipinski definition) is 2. The monoisotopic (exact) mass is 389 g/mol. The molecule has 3 unspecified atom stereocenters. The number of esters is 1. The van der Waals surface area contributed by atoms with Crippen LogP contribution in [0.25, 0.3) is 0 Å². The molecule has 0 saturated carbocycles. The van der Waals surface area contributed by atoms with E-state index < -0.39 is 5.97 Å². The number of phenolic OH excluding ortho intramolecular Hbond substituents is 1. The van der Waals surface area contributed by atoms with Gasteiger partial charge in [0, 0.05) is 16.5 Å². The quantitative estimate of drug-likeness (QED) is 0.539. The molecule has 4 nitrogen and oxygen atoms in total. The van der Waals surface area contributed by atoms with Gasteiger partial charge in [0.15, 0.2) is 0 Å². The number of anilines is 1. The van der Waals surface area contributed by atoms with Crippen LogP contribution in [0.5, 0.6) is 5.75 Å². The molecule has 0 spiro atoms. The lowest BCUT2D eigenvalue weighted by Gasteiger charge is -2.38. The number of methoxy groups -OCH3 is 1. The molecule has 4 rings (SSSR count). The van der Waals surface area contributed by atoms with Gasteiger partial charge in [-0.3, -0.25) is 0 Å². The number of benzene rings is 2. The summed E-state index contributed by atoms with van der Waals surface area (Å²) < 4.78 is 4.93. The van der Waals surface area contributed by atoms with Crippen molar-refractivity contribution in [2.24, 2.45) is 5.92 Å². The summed E-state index contributed by atoms with van der Waals surface area (Å²) in [5, 5.41) is 14.6. The third-order valence-electron chi connectivity index (χ3n) is 5.19. The summed E-state index contributed by atoms with van der Waals surface area (Å²) in [6.07, 6.45) is 5.14. The summed E-state index contributed by atoms with van der Waals surface area (Å²) in [6.45, 7) is 0. The van der Waals surface area contributed by atoms with E-state index in [0.29, 0.717) is 16.1 Å². The molecular formula is C20H17Cl2NO3. The van der Waals surface area contributed by atoms with Gasteiger partial charge in [0.25, 0.3) is 0 Å². The topological polar surface area (TPSA) is 58.6 Å². The molecule has 2 N–H and O–H groups in total. The van der Waals surface area contributed by atoms with E-state index in [4.69, 9.17) is 27.9 Å². The van der Waals surface area contributed by atoms with E-state index in [1.807, 2.05) is 12.1 Å². The average molecular weight is 390 g/mol. The minimum Gasteiger partial charge on any atom is -0.506 e. The van der Waals surface area contributed by atoms with Crippen LogP contribution in [-0.2, 0) is 4.74 Å². The maximum absolute atomic E-state index is 12.2. The van der Waals surface area contributed by atoms with Crippen LogP contribution in [0.3, 0.4) is 0 Å². The van der Waals surface area contributed by atoms with E-state index in [0.717, 1.165) is 17.7 Å². The molecule has 6 heteroatoms. The maximum atomic E-state index is 12.2. The molecule has 0 radical (unpaired) electrons. The van der Waals surface area contributed by atoms with Gasteiger partial charge in [0.05, 0.1) is 29.4 Å². The standard InChI is InChI=1S/C20H17Cl2NO3/c1-26-20(25)14-7-3-6-12-11-4-2-5-13(11)18(23-17(12)14)15-8-10(21)9-16(22)19(15)24/h2-4,6-9,11,13,18,23-24H,5H2,1H3. The minimum atomic E-state index is -0.401. The van der Waals surface area contributed by atoms with Gasteiger partial charge >= 0.3 is 5.97 Å². The second-order valence-corrected chi connectivity index (χ2v) is 7.41. The van der Waals surface area contributed by atoms with E-state index in [2.05, 4.69) is 17.5 Å². The van der Waals surface area contributed by atoms with Crippen molar-refractivity contribution in [2.75, 3.05) is 12.4 Å². The number of phenols is 1. The highest BCUT2D eigenvalue weighted by atomic mass is 35.5. The van der Waals surface area contributed by atoms with E-state index in [1.54, 1.807) is 12.1 Å². The fourth-order valence-corrected chi connectivity index (χ4v) is 4.54. The van der Waals surface area contributed by atoms with E-state index in [9.17, 15) is 9.90 Å². The van der Waals surface area contributed by atoms with Gasteiger partial charge in [-0.05, 0) is 36.1 Å². The van der Waals surface area contributed by atoms with Crippen LogP contribution in [0.1, 0.15) is 39.9 Å². The Balaban J connectivity index is 1.88. The Bertz CT molecular complexity index is 926. The molecule has 1 aliphatic carbocycles. The number of fused-ring (bicyclic) bond motifs is 3. The molecule has 2 aliphatic rings. The highest BCUT2D eigenvalue weighted by Crippen LogP contribution is 2.52. The summed E-state index contributed by atoms with van der Waals surface area (Å²) in [6, 6.07) is 8.63. The Morgan fingerprint density at radius 1 is 1.27 bits per heavy atom.